The molecule has 0 fully saturated rings. The van der Waals surface area contributed by atoms with Crippen molar-refractivity contribution < 1.29 is 14.9 Å². The van der Waals surface area contributed by atoms with E-state index in [-0.39, 0.29) is 5.75 Å². The molecule has 0 spiro atoms. The van der Waals surface area contributed by atoms with E-state index in [1.807, 2.05) is 0 Å². The van der Waals surface area contributed by atoms with Crippen LogP contribution in [0, 0.1) is 0 Å². The molecule has 100 valence electrons. The normalized spacial score (nSPS) is 10.4. The average molecular weight is 261 g/mol. The van der Waals surface area contributed by atoms with Crippen molar-refractivity contribution in [3.05, 3.63) is 30.9 Å². The molecule has 0 aliphatic carbocycles. The minimum atomic E-state index is 0.0304. The lowest BCUT2D eigenvalue weighted by Crippen LogP contribution is -1.99. The Kier molecular flexibility index (Phi) is 4.63. The molecule has 0 saturated carbocycles. The van der Waals surface area contributed by atoms with Gasteiger partial charge in [-0.25, -0.2) is 15.0 Å². The molecular formula is C13H15N3O3. The zero-order valence-corrected chi connectivity index (χ0v) is 10.6. The largest absolute Gasteiger partial charge is 0.507 e. The highest BCUT2D eigenvalue weighted by molar-refractivity contribution is 5.64. The molecule has 0 saturated heterocycles. The number of phenols is 1. The van der Waals surface area contributed by atoms with Crippen molar-refractivity contribution >= 4 is 0 Å². The van der Waals surface area contributed by atoms with Gasteiger partial charge in [0.1, 0.15) is 18.4 Å². The van der Waals surface area contributed by atoms with Gasteiger partial charge in [0.2, 0.25) is 0 Å². The van der Waals surface area contributed by atoms with Crippen molar-refractivity contribution in [2.75, 3.05) is 6.61 Å². The van der Waals surface area contributed by atoms with Gasteiger partial charge in [-0.1, -0.05) is 13.3 Å². The first-order valence-electron chi connectivity index (χ1n) is 6.06. The maximum absolute atomic E-state index is 9.91. The van der Waals surface area contributed by atoms with Crippen LogP contribution in [0.4, 0.5) is 0 Å². The second-order valence-electron chi connectivity index (χ2n) is 3.90. The molecule has 0 bridgehead atoms. The summed E-state index contributed by atoms with van der Waals surface area (Å²) < 4.78 is 0. The Morgan fingerprint density at radius 3 is 2.68 bits per heavy atom. The van der Waals surface area contributed by atoms with Crippen LogP contribution in [0.3, 0.4) is 0 Å². The minimum absolute atomic E-state index is 0.0304. The van der Waals surface area contributed by atoms with Gasteiger partial charge in [-0.15, -0.1) is 0 Å². The van der Waals surface area contributed by atoms with E-state index in [4.69, 9.17) is 9.78 Å². The molecule has 2 aromatic rings. The Balaban J connectivity index is 2.05. The van der Waals surface area contributed by atoms with Crippen LogP contribution in [0.5, 0.6) is 11.5 Å². The molecule has 0 unspecified atom stereocenters. The number of aromatic hydroxyl groups is 1. The van der Waals surface area contributed by atoms with Crippen molar-refractivity contribution in [3.8, 4) is 22.9 Å². The van der Waals surface area contributed by atoms with E-state index in [1.165, 1.54) is 18.7 Å². The Labute approximate surface area is 111 Å². The Hall–Kier alpha value is -2.21. The summed E-state index contributed by atoms with van der Waals surface area (Å²) in [4.78, 5) is 21.7. The maximum atomic E-state index is 9.91. The third kappa shape index (κ3) is 3.62. The Bertz CT molecular complexity index is 520. The molecule has 1 N–H and O–H groups in total. The van der Waals surface area contributed by atoms with Gasteiger partial charge in [0.05, 0.1) is 12.2 Å². The van der Waals surface area contributed by atoms with E-state index < -0.39 is 0 Å². The molecule has 1 aromatic carbocycles. The molecule has 0 aliphatic rings. The van der Waals surface area contributed by atoms with Gasteiger partial charge in [-0.05, 0) is 18.6 Å². The lowest BCUT2D eigenvalue weighted by molar-refractivity contribution is -0.207. The molecule has 2 rings (SSSR count). The van der Waals surface area contributed by atoms with Crippen molar-refractivity contribution in [1.29, 1.82) is 0 Å². The van der Waals surface area contributed by atoms with Crippen molar-refractivity contribution in [3.63, 3.8) is 0 Å². The fourth-order valence-corrected chi connectivity index (χ4v) is 1.44. The predicted molar refractivity (Wildman–Crippen MR) is 68.4 cm³/mol. The molecule has 0 radical (unpaired) electrons. The molecular weight excluding hydrogens is 246 g/mol. The minimum Gasteiger partial charge on any atom is -0.507 e. The second-order valence-corrected chi connectivity index (χ2v) is 3.90. The number of phenolic OH excluding ortho intramolecular Hbond substituents is 1. The summed E-state index contributed by atoms with van der Waals surface area (Å²) in [6, 6.07) is 4.82. The van der Waals surface area contributed by atoms with E-state index >= 15 is 0 Å². The molecule has 1 heterocycles. The molecule has 19 heavy (non-hydrogen) atoms. The highest BCUT2D eigenvalue weighted by Gasteiger charge is 2.08. The first-order valence-corrected chi connectivity index (χ1v) is 6.06. The van der Waals surface area contributed by atoms with E-state index in [9.17, 15) is 5.11 Å². The Morgan fingerprint density at radius 2 is 2.00 bits per heavy atom. The zero-order valence-electron chi connectivity index (χ0n) is 10.6. The molecule has 6 nitrogen and oxygen atoms in total. The molecule has 0 atom stereocenters. The molecule has 1 aromatic heterocycles. The van der Waals surface area contributed by atoms with E-state index in [2.05, 4.69) is 21.9 Å². The van der Waals surface area contributed by atoms with Crippen LogP contribution in [0.1, 0.15) is 19.8 Å². The second kappa shape index (κ2) is 6.65. The van der Waals surface area contributed by atoms with Crippen LogP contribution >= 0.6 is 0 Å². The van der Waals surface area contributed by atoms with Gasteiger partial charge in [0.25, 0.3) is 0 Å². The van der Waals surface area contributed by atoms with Crippen molar-refractivity contribution in [2.45, 2.75) is 19.8 Å². The summed E-state index contributed by atoms with van der Waals surface area (Å²) >= 11 is 0. The predicted octanol–water partition coefficient (Wildman–Crippen LogP) is 2.35. The number of nitrogens with zero attached hydrogens (tertiary/aromatic N) is 3. The molecule has 0 amide bonds. The van der Waals surface area contributed by atoms with Gasteiger partial charge in [0, 0.05) is 6.07 Å². The van der Waals surface area contributed by atoms with Crippen molar-refractivity contribution in [2.24, 2.45) is 0 Å². The first-order chi connectivity index (χ1) is 9.31. The van der Waals surface area contributed by atoms with Crippen molar-refractivity contribution in [1.82, 2.24) is 15.0 Å². The number of rotatable bonds is 6. The number of benzene rings is 1. The van der Waals surface area contributed by atoms with Crippen LogP contribution in [-0.2, 0) is 4.89 Å². The average Bonchev–Trinajstić information content (AvgIpc) is 2.45. The number of hydrogen-bond acceptors (Lipinski definition) is 6. The van der Waals surface area contributed by atoms with Crippen LogP contribution in [0.15, 0.2) is 30.9 Å². The monoisotopic (exact) mass is 261 g/mol. The van der Waals surface area contributed by atoms with Gasteiger partial charge in [0.15, 0.2) is 11.6 Å². The van der Waals surface area contributed by atoms with Crippen LogP contribution in [0.2, 0.25) is 0 Å². The third-order valence-corrected chi connectivity index (χ3v) is 2.44. The fourth-order valence-electron chi connectivity index (χ4n) is 1.44. The van der Waals surface area contributed by atoms with E-state index in [1.54, 1.807) is 12.1 Å². The number of unbranched alkanes of at least 4 members (excludes halogenated alkanes) is 1. The topological polar surface area (TPSA) is 77.4 Å². The summed E-state index contributed by atoms with van der Waals surface area (Å²) in [6.45, 7) is 2.59. The van der Waals surface area contributed by atoms with Crippen LogP contribution in [0.25, 0.3) is 11.4 Å². The van der Waals surface area contributed by atoms with Crippen LogP contribution in [-0.4, -0.2) is 26.7 Å². The van der Waals surface area contributed by atoms with Gasteiger partial charge in [-0.2, -0.15) is 4.89 Å². The SMILES string of the molecule is CCCCOOc1ccc(-c2ncncn2)c(O)c1. The highest BCUT2D eigenvalue weighted by Crippen LogP contribution is 2.29. The highest BCUT2D eigenvalue weighted by atomic mass is 17.2. The summed E-state index contributed by atoms with van der Waals surface area (Å²) in [5.74, 6) is 0.875. The molecule has 0 aliphatic heterocycles. The van der Waals surface area contributed by atoms with Gasteiger partial charge >= 0.3 is 0 Å². The zero-order chi connectivity index (χ0) is 13.5. The summed E-state index contributed by atoms with van der Waals surface area (Å²) in [5.41, 5.74) is 0.517. The van der Waals surface area contributed by atoms with Gasteiger partial charge < -0.3 is 9.99 Å². The third-order valence-electron chi connectivity index (χ3n) is 2.44. The Morgan fingerprint density at radius 1 is 1.21 bits per heavy atom. The summed E-state index contributed by atoms with van der Waals surface area (Å²) in [7, 11) is 0. The quantitative estimate of drug-likeness (QED) is 0.488. The summed E-state index contributed by atoms with van der Waals surface area (Å²) in [5, 5.41) is 9.91. The lowest BCUT2D eigenvalue weighted by atomic mass is 10.2. The van der Waals surface area contributed by atoms with Crippen LogP contribution < -0.4 is 4.89 Å². The van der Waals surface area contributed by atoms with E-state index in [0.29, 0.717) is 23.7 Å². The fraction of sp³-hybridized carbons (Fsp3) is 0.308. The lowest BCUT2D eigenvalue weighted by Gasteiger charge is -2.07. The standard InChI is InChI=1S/C13H15N3O3/c1-2-3-6-18-19-10-4-5-11(12(17)7-10)13-15-8-14-9-16-13/h4-5,7-9,17H,2-3,6H2,1H3. The number of aromatic nitrogens is 3. The van der Waals surface area contributed by atoms with Gasteiger partial charge in [-0.3, -0.25) is 0 Å². The van der Waals surface area contributed by atoms with E-state index in [0.717, 1.165) is 12.8 Å². The maximum Gasteiger partial charge on any atom is 0.169 e. The smallest absolute Gasteiger partial charge is 0.169 e. The summed E-state index contributed by atoms with van der Waals surface area (Å²) in [6.07, 6.45) is 4.71. The molecule has 6 heteroatoms. The first kappa shape index (κ1) is 13.2. The number of hydrogen-bond donors (Lipinski definition) is 1.